The zero-order valence-electron chi connectivity index (χ0n) is 11.0. The summed E-state index contributed by atoms with van der Waals surface area (Å²) in [4.78, 5) is 11.3. The molecule has 106 valence electrons. The number of benzene rings is 2. The number of rotatable bonds is 4. The highest BCUT2D eigenvalue weighted by atomic mass is 79.9. The molecule has 0 aromatic heterocycles. The van der Waals surface area contributed by atoms with E-state index in [9.17, 15) is 15.2 Å². The van der Waals surface area contributed by atoms with E-state index >= 15 is 0 Å². The standard InChI is InChI=1S/C15H10BrNO4/c1-20-13-7-2-4-9(15(18)19)14(13)21-12-6-3-5-11(16)10(12)8-17/h2-7H,1H3,(H,18,19). The fourth-order valence-corrected chi connectivity index (χ4v) is 2.19. The lowest BCUT2D eigenvalue weighted by Gasteiger charge is -2.14. The van der Waals surface area contributed by atoms with Gasteiger partial charge in [-0.3, -0.25) is 0 Å². The first kappa shape index (κ1) is 14.9. The summed E-state index contributed by atoms with van der Waals surface area (Å²) in [7, 11) is 1.42. The van der Waals surface area contributed by atoms with Gasteiger partial charge in [0.1, 0.15) is 22.9 Å². The van der Waals surface area contributed by atoms with Gasteiger partial charge in [0.2, 0.25) is 0 Å². The largest absolute Gasteiger partial charge is 0.493 e. The van der Waals surface area contributed by atoms with Crippen LogP contribution >= 0.6 is 15.9 Å². The number of nitrogens with zero attached hydrogens (tertiary/aromatic N) is 1. The summed E-state index contributed by atoms with van der Waals surface area (Å²) in [6, 6.07) is 11.5. The van der Waals surface area contributed by atoms with Crippen LogP contribution in [-0.2, 0) is 0 Å². The second kappa shape index (κ2) is 6.29. The molecule has 1 N–H and O–H groups in total. The highest BCUT2D eigenvalue weighted by Crippen LogP contribution is 2.37. The summed E-state index contributed by atoms with van der Waals surface area (Å²) >= 11 is 3.25. The summed E-state index contributed by atoms with van der Waals surface area (Å²) in [6.07, 6.45) is 0. The second-order valence-electron chi connectivity index (χ2n) is 3.97. The molecule has 0 radical (unpaired) electrons. The summed E-state index contributed by atoms with van der Waals surface area (Å²) < 4.78 is 11.3. The van der Waals surface area contributed by atoms with E-state index in [1.54, 1.807) is 30.3 Å². The van der Waals surface area contributed by atoms with Crippen LogP contribution in [0.15, 0.2) is 40.9 Å². The summed E-state index contributed by atoms with van der Waals surface area (Å²) in [5, 5.41) is 18.4. The molecule has 5 nitrogen and oxygen atoms in total. The number of hydrogen-bond acceptors (Lipinski definition) is 4. The molecule has 6 heteroatoms. The molecule has 0 aliphatic carbocycles. The van der Waals surface area contributed by atoms with Crippen LogP contribution in [-0.4, -0.2) is 18.2 Å². The normalized spacial score (nSPS) is 9.76. The van der Waals surface area contributed by atoms with Crippen LogP contribution in [0.5, 0.6) is 17.2 Å². The molecular weight excluding hydrogens is 338 g/mol. The molecule has 2 rings (SSSR count). The molecule has 0 spiro atoms. The smallest absolute Gasteiger partial charge is 0.339 e. The van der Waals surface area contributed by atoms with Gasteiger partial charge in [0, 0.05) is 4.47 Å². The van der Waals surface area contributed by atoms with Crippen LogP contribution in [0.3, 0.4) is 0 Å². The summed E-state index contributed by atoms with van der Waals surface area (Å²) in [5.74, 6) is -0.558. The number of ether oxygens (including phenoxy) is 2. The van der Waals surface area contributed by atoms with Gasteiger partial charge in [0.25, 0.3) is 0 Å². The van der Waals surface area contributed by atoms with Gasteiger partial charge in [-0.25, -0.2) is 4.79 Å². The quantitative estimate of drug-likeness (QED) is 0.909. The van der Waals surface area contributed by atoms with E-state index in [2.05, 4.69) is 15.9 Å². The highest BCUT2D eigenvalue weighted by Gasteiger charge is 2.19. The number of para-hydroxylation sites is 1. The topological polar surface area (TPSA) is 79.6 Å². The molecule has 0 amide bonds. The predicted molar refractivity (Wildman–Crippen MR) is 78.9 cm³/mol. The zero-order valence-corrected chi connectivity index (χ0v) is 12.5. The van der Waals surface area contributed by atoms with E-state index in [-0.39, 0.29) is 28.4 Å². The number of carboxylic acids is 1. The molecule has 0 saturated heterocycles. The molecule has 2 aromatic carbocycles. The maximum Gasteiger partial charge on any atom is 0.339 e. The minimum atomic E-state index is -1.14. The van der Waals surface area contributed by atoms with Crippen molar-refractivity contribution in [2.45, 2.75) is 0 Å². The molecular formula is C15H10BrNO4. The fourth-order valence-electron chi connectivity index (χ4n) is 1.76. The van der Waals surface area contributed by atoms with Crippen molar-refractivity contribution in [3.63, 3.8) is 0 Å². The van der Waals surface area contributed by atoms with Crippen LogP contribution in [0.25, 0.3) is 0 Å². The first-order chi connectivity index (χ1) is 10.1. The van der Waals surface area contributed by atoms with Gasteiger partial charge in [-0.1, -0.05) is 12.1 Å². The number of nitriles is 1. The molecule has 2 aromatic rings. The van der Waals surface area contributed by atoms with Gasteiger partial charge in [0.05, 0.1) is 7.11 Å². The van der Waals surface area contributed by atoms with E-state index < -0.39 is 5.97 Å². The number of methoxy groups -OCH3 is 1. The molecule has 0 aliphatic rings. The maximum absolute atomic E-state index is 11.3. The van der Waals surface area contributed by atoms with Gasteiger partial charge in [-0.05, 0) is 40.2 Å². The molecule has 0 atom stereocenters. The second-order valence-corrected chi connectivity index (χ2v) is 4.82. The average Bonchev–Trinajstić information content (AvgIpc) is 2.47. The van der Waals surface area contributed by atoms with Crippen LogP contribution < -0.4 is 9.47 Å². The van der Waals surface area contributed by atoms with E-state index in [1.165, 1.54) is 13.2 Å². The highest BCUT2D eigenvalue weighted by molar-refractivity contribution is 9.10. The van der Waals surface area contributed by atoms with Crippen molar-refractivity contribution < 1.29 is 19.4 Å². The van der Waals surface area contributed by atoms with Crippen LogP contribution in [0.4, 0.5) is 0 Å². The van der Waals surface area contributed by atoms with E-state index in [1.807, 2.05) is 6.07 Å². The number of aromatic carboxylic acids is 1. The van der Waals surface area contributed by atoms with Crippen LogP contribution in [0, 0.1) is 11.3 Å². The maximum atomic E-state index is 11.3. The minimum Gasteiger partial charge on any atom is -0.493 e. The SMILES string of the molecule is COc1cccc(C(=O)O)c1Oc1cccc(Br)c1C#N. The van der Waals surface area contributed by atoms with Gasteiger partial charge in [0.15, 0.2) is 11.5 Å². The Labute approximate surface area is 129 Å². The predicted octanol–water partition coefficient (Wildman–Crippen LogP) is 3.82. The third kappa shape index (κ3) is 2.98. The Balaban J connectivity index is 2.57. The Kier molecular flexibility index (Phi) is 4.45. The molecule has 0 bridgehead atoms. The number of carboxylic acid groups (broad SMARTS) is 1. The summed E-state index contributed by atoms with van der Waals surface area (Å²) in [6.45, 7) is 0. The van der Waals surface area contributed by atoms with E-state index in [0.717, 1.165) is 0 Å². The monoisotopic (exact) mass is 347 g/mol. The van der Waals surface area contributed by atoms with E-state index in [4.69, 9.17) is 9.47 Å². The lowest BCUT2D eigenvalue weighted by Crippen LogP contribution is -2.02. The minimum absolute atomic E-state index is 0.0433. The van der Waals surface area contributed by atoms with Crippen molar-refractivity contribution in [2.24, 2.45) is 0 Å². The number of hydrogen-bond donors (Lipinski definition) is 1. The van der Waals surface area contributed by atoms with Gasteiger partial charge >= 0.3 is 5.97 Å². The molecule has 0 saturated carbocycles. The van der Waals surface area contributed by atoms with Crippen molar-refractivity contribution in [1.29, 1.82) is 5.26 Å². The Bertz CT molecular complexity index is 737. The Hall–Kier alpha value is -2.52. The van der Waals surface area contributed by atoms with E-state index in [0.29, 0.717) is 4.47 Å². The fraction of sp³-hybridized carbons (Fsp3) is 0.0667. The van der Waals surface area contributed by atoms with Gasteiger partial charge in [-0.2, -0.15) is 5.26 Å². The third-order valence-corrected chi connectivity index (χ3v) is 3.39. The number of halogens is 1. The first-order valence-corrected chi connectivity index (χ1v) is 6.64. The van der Waals surface area contributed by atoms with Crippen molar-refractivity contribution >= 4 is 21.9 Å². The Morgan fingerprint density at radius 3 is 2.52 bits per heavy atom. The molecule has 0 aliphatic heterocycles. The first-order valence-electron chi connectivity index (χ1n) is 5.85. The third-order valence-electron chi connectivity index (χ3n) is 2.73. The molecule has 21 heavy (non-hydrogen) atoms. The number of carbonyl (C=O) groups is 1. The Morgan fingerprint density at radius 2 is 1.90 bits per heavy atom. The lowest BCUT2D eigenvalue weighted by molar-refractivity contribution is 0.0693. The van der Waals surface area contributed by atoms with Gasteiger partial charge < -0.3 is 14.6 Å². The molecule has 0 unspecified atom stereocenters. The summed E-state index contributed by atoms with van der Waals surface area (Å²) in [5.41, 5.74) is 0.234. The van der Waals surface area contributed by atoms with Crippen molar-refractivity contribution in [3.8, 4) is 23.3 Å². The Morgan fingerprint density at radius 1 is 1.24 bits per heavy atom. The van der Waals surface area contributed by atoms with Crippen molar-refractivity contribution in [1.82, 2.24) is 0 Å². The molecule has 0 fully saturated rings. The van der Waals surface area contributed by atoms with Crippen molar-refractivity contribution in [2.75, 3.05) is 7.11 Å². The zero-order chi connectivity index (χ0) is 15.4. The van der Waals surface area contributed by atoms with Crippen LogP contribution in [0.2, 0.25) is 0 Å². The molecule has 0 heterocycles. The average molecular weight is 348 g/mol. The van der Waals surface area contributed by atoms with Crippen LogP contribution in [0.1, 0.15) is 15.9 Å². The van der Waals surface area contributed by atoms with Crippen molar-refractivity contribution in [3.05, 3.63) is 52.0 Å². The van der Waals surface area contributed by atoms with Gasteiger partial charge in [-0.15, -0.1) is 0 Å². The lowest BCUT2D eigenvalue weighted by atomic mass is 10.1.